The van der Waals surface area contributed by atoms with Crippen LogP contribution in [0.2, 0.25) is 0 Å². The van der Waals surface area contributed by atoms with Gasteiger partial charge in [-0.25, -0.2) is 4.39 Å². The van der Waals surface area contributed by atoms with E-state index >= 15 is 0 Å². The molecule has 0 N–H and O–H groups in total. The topological polar surface area (TPSA) is 9.23 Å². The van der Waals surface area contributed by atoms with Gasteiger partial charge in [0.2, 0.25) is 0 Å². The monoisotopic (exact) mass is 424 g/mol. The lowest BCUT2D eigenvalue weighted by Gasteiger charge is -2.29. The van der Waals surface area contributed by atoms with Crippen molar-refractivity contribution >= 4 is 0 Å². The van der Waals surface area contributed by atoms with Crippen LogP contribution in [0.4, 0.5) is 13.2 Å². The SMILES string of the molecule is CCCCCCCc1ccc(-c2ccc3c(c2)C(F)(F)Oc2c-3ccc(C)c2F)cc1. The van der Waals surface area contributed by atoms with Gasteiger partial charge in [-0.15, -0.1) is 0 Å². The minimum atomic E-state index is -3.59. The maximum atomic E-state index is 14.8. The molecule has 1 aliphatic rings. The van der Waals surface area contributed by atoms with Crippen LogP contribution in [0.15, 0.2) is 54.6 Å². The Kier molecular flexibility index (Phi) is 6.08. The number of benzene rings is 3. The van der Waals surface area contributed by atoms with Crippen LogP contribution in [0.1, 0.15) is 55.7 Å². The molecule has 162 valence electrons. The van der Waals surface area contributed by atoms with Gasteiger partial charge >= 0.3 is 6.11 Å². The lowest BCUT2D eigenvalue weighted by Crippen LogP contribution is -2.27. The lowest BCUT2D eigenvalue weighted by molar-refractivity contribution is -0.188. The first-order valence-corrected chi connectivity index (χ1v) is 11.0. The average Bonchev–Trinajstić information content (AvgIpc) is 2.77. The molecule has 0 fully saturated rings. The van der Waals surface area contributed by atoms with Crippen molar-refractivity contribution in [3.05, 3.63) is 77.1 Å². The Bertz CT molecular complexity index is 1070. The molecule has 0 aliphatic carbocycles. The third-order valence-corrected chi connectivity index (χ3v) is 6.00. The number of hydrogen-bond acceptors (Lipinski definition) is 1. The van der Waals surface area contributed by atoms with Gasteiger partial charge in [-0.1, -0.05) is 81.1 Å². The van der Waals surface area contributed by atoms with Crippen LogP contribution in [0.3, 0.4) is 0 Å². The highest BCUT2D eigenvalue weighted by Crippen LogP contribution is 2.49. The third kappa shape index (κ3) is 4.34. The molecule has 31 heavy (non-hydrogen) atoms. The quantitative estimate of drug-likeness (QED) is 0.346. The second-order valence-electron chi connectivity index (χ2n) is 8.31. The Balaban J connectivity index is 1.59. The summed E-state index contributed by atoms with van der Waals surface area (Å²) in [7, 11) is 0. The van der Waals surface area contributed by atoms with Crippen LogP contribution < -0.4 is 4.74 Å². The van der Waals surface area contributed by atoms with E-state index in [1.54, 1.807) is 18.2 Å². The Morgan fingerprint density at radius 3 is 2.23 bits per heavy atom. The molecule has 0 radical (unpaired) electrons. The first-order chi connectivity index (χ1) is 14.9. The number of aryl methyl sites for hydroxylation is 2. The summed E-state index contributed by atoms with van der Waals surface area (Å²) in [6.45, 7) is 3.74. The van der Waals surface area contributed by atoms with Gasteiger partial charge in [0.15, 0.2) is 11.6 Å². The van der Waals surface area contributed by atoms with E-state index < -0.39 is 11.9 Å². The predicted molar refractivity (Wildman–Crippen MR) is 119 cm³/mol. The zero-order chi connectivity index (χ0) is 22.0. The van der Waals surface area contributed by atoms with Crippen LogP contribution in [0.5, 0.6) is 5.75 Å². The summed E-state index contributed by atoms with van der Waals surface area (Å²) in [6.07, 6.45) is 3.62. The Morgan fingerprint density at radius 2 is 1.48 bits per heavy atom. The van der Waals surface area contributed by atoms with E-state index in [1.165, 1.54) is 44.2 Å². The van der Waals surface area contributed by atoms with E-state index in [0.29, 0.717) is 16.7 Å². The molecule has 4 heteroatoms. The molecule has 3 aromatic rings. The Hall–Kier alpha value is -2.75. The summed E-state index contributed by atoms with van der Waals surface area (Å²) < 4.78 is 48.8. The van der Waals surface area contributed by atoms with Gasteiger partial charge in [-0.05, 0) is 53.6 Å². The van der Waals surface area contributed by atoms with Crippen molar-refractivity contribution < 1.29 is 17.9 Å². The third-order valence-electron chi connectivity index (χ3n) is 6.00. The van der Waals surface area contributed by atoms with Crippen LogP contribution in [-0.4, -0.2) is 0 Å². The lowest BCUT2D eigenvalue weighted by atomic mass is 9.91. The maximum Gasteiger partial charge on any atom is 0.427 e. The minimum Gasteiger partial charge on any atom is -0.425 e. The number of unbranched alkanes of at least 4 members (excludes halogenated alkanes) is 4. The smallest absolute Gasteiger partial charge is 0.425 e. The molecule has 1 aliphatic heterocycles. The van der Waals surface area contributed by atoms with Crippen LogP contribution in [0.25, 0.3) is 22.3 Å². The van der Waals surface area contributed by atoms with Crippen molar-refractivity contribution in [3.63, 3.8) is 0 Å². The fourth-order valence-electron chi connectivity index (χ4n) is 4.15. The van der Waals surface area contributed by atoms with Crippen molar-refractivity contribution in [1.82, 2.24) is 0 Å². The Morgan fingerprint density at radius 1 is 0.806 bits per heavy atom. The number of rotatable bonds is 7. The summed E-state index contributed by atoms with van der Waals surface area (Å²) in [5.41, 5.74) is 3.51. The van der Waals surface area contributed by atoms with Gasteiger partial charge in [-0.2, -0.15) is 8.78 Å². The molecule has 0 spiro atoms. The molecule has 0 bridgehead atoms. The van der Waals surface area contributed by atoms with Gasteiger partial charge in [-0.3, -0.25) is 0 Å². The minimum absolute atomic E-state index is 0.235. The second kappa shape index (κ2) is 8.78. The highest BCUT2D eigenvalue weighted by atomic mass is 19.3. The van der Waals surface area contributed by atoms with Crippen molar-refractivity contribution in [2.45, 2.75) is 58.5 Å². The number of halogens is 3. The van der Waals surface area contributed by atoms with E-state index in [2.05, 4.69) is 19.1 Å². The molecule has 0 unspecified atom stereocenters. The highest BCUT2D eigenvalue weighted by molar-refractivity contribution is 5.80. The summed E-state index contributed by atoms with van der Waals surface area (Å²) in [4.78, 5) is 0. The molecule has 0 aromatic heterocycles. The zero-order valence-electron chi connectivity index (χ0n) is 18.0. The number of alkyl halides is 2. The van der Waals surface area contributed by atoms with Crippen molar-refractivity contribution in [1.29, 1.82) is 0 Å². The second-order valence-corrected chi connectivity index (χ2v) is 8.31. The fourth-order valence-corrected chi connectivity index (χ4v) is 4.15. The van der Waals surface area contributed by atoms with Crippen LogP contribution in [0, 0.1) is 12.7 Å². The molecular weight excluding hydrogens is 397 g/mol. The average molecular weight is 425 g/mol. The fraction of sp³-hybridized carbons (Fsp3) is 0.333. The maximum absolute atomic E-state index is 14.8. The molecule has 0 atom stereocenters. The van der Waals surface area contributed by atoms with Gasteiger partial charge in [0, 0.05) is 5.56 Å². The largest absolute Gasteiger partial charge is 0.427 e. The molecule has 4 rings (SSSR count). The highest BCUT2D eigenvalue weighted by Gasteiger charge is 2.43. The first kappa shape index (κ1) is 21.5. The molecule has 0 saturated heterocycles. The molecule has 1 nitrogen and oxygen atoms in total. The molecule has 3 aromatic carbocycles. The van der Waals surface area contributed by atoms with Gasteiger partial charge < -0.3 is 4.74 Å². The summed E-state index contributed by atoms with van der Waals surface area (Å²) in [6, 6.07) is 16.2. The molecule has 0 saturated carbocycles. The molecule has 1 heterocycles. The van der Waals surface area contributed by atoms with E-state index in [9.17, 15) is 13.2 Å². The predicted octanol–water partition coefficient (Wildman–Crippen LogP) is 8.42. The van der Waals surface area contributed by atoms with Crippen LogP contribution in [-0.2, 0) is 12.5 Å². The van der Waals surface area contributed by atoms with Gasteiger partial charge in [0.1, 0.15) is 0 Å². The summed E-state index contributed by atoms with van der Waals surface area (Å²) in [5, 5.41) is 0. The van der Waals surface area contributed by atoms with E-state index in [4.69, 9.17) is 4.74 Å². The normalized spacial score (nSPS) is 14.0. The number of fused-ring (bicyclic) bond motifs is 3. The summed E-state index contributed by atoms with van der Waals surface area (Å²) >= 11 is 0. The van der Waals surface area contributed by atoms with E-state index in [0.717, 1.165) is 18.4 Å². The molecule has 0 amide bonds. The van der Waals surface area contributed by atoms with E-state index in [-0.39, 0.29) is 16.9 Å². The number of ether oxygens (including phenoxy) is 1. The number of hydrogen-bond donors (Lipinski definition) is 0. The van der Waals surface area contributed by atoms with E-state index in [1.807, 2.05) is 18.2 Å². The standard InChI is InChI=1S/C27H27F3O/c1-3-4-5-6-7-8-19-10-12-20(13-11-19)21-14-16-22-23-15-9-18(2)25(28)26(23)31-27(29,30)24(22)17-21/h9-17H,3-8H2,1-2H3. The zero-order valence-corrected chi connectivity index (χ0v) is 18.0. The summed E-state index contributed by atoms with van der Waals surface area (Å²) in [5.74, 6) is -1.12. The Labute approximate surface area is 181 Å². The van der Waals surface area contributed by atoms with Crippen LogP contribution >= 0.6 is 0 Å². The van der Waals surface area contributed by atoms with Gasteiger partial charge in [0.05, 0.1) is 5.56 Å². The van der Waals surface area contributed by atoms with Crippen molar-refractivity contribution in [3.8, 4) is 28.0 Å². The van der Waals surface area contributed by atoms with Gasteiger partial charge in [0.25, 0.3) is 0 Å². The first-order valence-electron chi connectivity index (χ1n) is 11.0. The molecular formula is C27H27F3O. The van der Waals surface area contributed by atoms with Crippen molar-refractivity contribution in [2.75, 3.05) is 0 Å². The van der Waals surface area contributed by atoms with Crippen molar-refractivity contribution in [2.24, 2.45) is 0 Å².